The van der Waals surface area contributed by atoms with Gasteiger partial charge in [-0.3, -0.25) is 4.79 Å². The minimum Gasteiger partial charge on any atom is -0.462 e. The number of hydrogen-bond donors (Lipinski definition) is 1. The molecule has 3 heterocycles. The number of aromatic nitrogens is 4. The van der Waals surface area contributed by atoms with Crippen LogP contribution in [-0.4, -0.2) is 45.5 Å². The van der Waals surface area contributed by atoms with E-state index in [1.165, 1.54) is 16.1 Å². The molecule has 1 N–H and O–H groups in total. The van der Waals surface area contributed by atoms with Crippen molar-refractivity contribution in [2.24, 2.45) is 0 Å². The van der Waals surface area contributed by atoms with Crippen molar-refractivity contribution >= 4 is 39.8 Å². The molecule has 2 aromatic heterocycles. The van der Waals surface area contributed by atoms with Gasteiger partial charge in [-0.1, -0.05) is 29.8 Å². The molecule has 0 bridgehead atoms. The Kier molecular flexibility index (Phi) is 7.06. The third kappa shape index (κ3) is 5.27. The van der Waals surface area contributed by atoms with Crippen molar-refractivity contribution in [2.45, 2.75) is 26.8 Å². The lowest BCUT2D eigenvalue weighted by Gasteiger charge is -2.07. The van der Waals surface area contributed by atoms with Crippen molar-refractivity contribution in [3.63, 3.8) is 0 Å². The van der Waals surface area contributed by atoms with Crippen molar-refractivity contribution in [3.8, 4) is 22.9 Å². The number of esters is 1. The van der Waals surface area contributed by atoms with Crippen LogP contribution in [0.1, 0.15) is 33.3 Å². The highest BCUT2D eigenvalue weighted by atomic mass is 35.5. The smallest absolute Gasteiger partial charge is 0.341 e. The molecule has 1 amide bonds. The van der Waals surface area contributed by atoms with E-state index in [9.17, 15) is 9.59 Å². The van der Waals surface area contributed by atoms with E-state index >= 15 is 0 Å². The van der Waals surface area contributed by atoms with E-state index in [1.807, 2.05) is 31.2 Å². The lowest BCUT2D eigenvalue weighted by molar-refractivity contribution is -0.117. The summed E-state index contributed by atoms with van der Waals surface area (Å²) in [6.45, 7) is 3.79. The van der Waals surface area contributed by atoms with Crippen molar-refractivity contribution in [1.29, 1.82) is 0 Å². The van der Waals surface area contributed by atoms with E-state index in [0.29, 0.717) is 44.9 Å². The van der Waals surface area contributed by atoms with Crippen molar-refractivity contribution < 1.29 is 23.8 Å². The van der Waals surface area contributed by atoms with E-state index in [0.717, 1.165) is 16.0 Å². The number of carbonyl (C=O) groups excluding carboxylic acids is 2. The highest BCUT2D eigenvalue weighted by Crippen LogP contribution is 2.37. The predicted octanol–water partition coefficient (Wildman–Crippen LogP) is 4.50. The van der Waals surface area contributed by atoms with E-state index in [-0.39, 0.29) is 19.9 Å². The Morgan fingerprint density at radius 3 is 2.81 bits per heavy atom. The molecule has 2 aromatic carbocycles. The molecule has 0 unspecified atom stereocenters. The maximum atomic E-state index is 12.9. The van der Waals surface area contributed by atoms with Gasteiger partial charge in [0.05, 0.1) is 17.2 Å². The van der Waals surface area contributed by atoms with Crippen LogP contribution in [0.5, 0.6) is 11.5 Å². The quantitative estimate of drug-likeness (QED) is 0.325. The second kappa shape index (κ2) is 10.6. The van der Waals surface area contributed by atoms with Gasteiger partial charge in [0.1, 0.15) is 11.5 Å². The Bertz CT molecular complexity index is 1480. The number of rotatable bonds is 8. The van der Waals surface area contributed by atoms with Crippen molar-refractivity contribution in [2.75, 3.05) is 18.7 Å². The molecule has 0 spiro atoms. The average molecular weight is 540 g/mol. The Morgan fingerprint density at radius 2 is 2.00 bits per heavy atom. The lowest BCUT2D eigenvalue weighted by atomic mass is 10.1. The summed E-state index contributed by atoms with van der Waals surface area (Å²) in [5.74, 6) is 0.782. The SMILES string of the molecule is CCOC(=O)c1c(NC(=O)Cn2nnc(-c3ccccc3Cl)n2)sc(Cc2ccc3c(c2)OCO3)c1C. The van der Waals surface area contributed by atoms with Gasteiger partial charge in [-0.05, 0) is 54.5 Å². The number of ether oxygens (including phenoxy) is 3. The van der Waals surface area contributed by atoms with Crippen LogP contribution in [0.3, 0.4) is 0 Å². The summed E-state index contributed by atoms with van der Waals surface area (Å²) in [6, 6.07) is 12.8. The van der Waals surface area contributed by atoms with Gasteiger partial charge in [0.25, 0.3) is 0 Å². The number of nitrogens with one attached hydrogen (secondary N) is 1. The molecule has 1 aliphatic rings. The van der Waals surface area contributed by atoms with Crippen LogP contribution in [0.4, 0.5) is 5.00 Å². The Balaban J connectivity index is 1.36. The molecule has 12 heteroatoms. The predicted molar refractivity (Wildman–Crippen MR) is 137 cm³/mol. The van der Waals surface area contributed by atoms with Crippen LogP contribution in [0.2, 0.25) is 5.02 Å². The molecule has 1 aliphatic heterocycles. The molecular formula is C25H22ClN5O5S. The molecule has 37 heavy (non-hydrogen) atoms. The lowest BCUT2D eigenvalue weighted by Crippen LogP contribution is -2.21. The van der Waals surface area contributed by atoms with Crippen LogP contribution < -0.4 is 14.8 Å². The van der Waals surface area contributed by atoms with Gasteiger partial charge in [-0.2, -0.15) is 4.80 Å². The molecular weight excluding hydrogens is 518 g/mol. The van der Waals surface area contributed by atoms with E-state index in [1.54, 1.807) is 25.1 Å². The number of carbonyl (C=O) groups is 2. The molecule has 0 fully saturated rings. The fourth-order valence-electron chi connectivity index (χ4n) is 3.86. The first-order valence-electron chi connectivity index (χ1n) is 11.4. The van der Waals surface area contributed by atoms with Crippen LogP contribution >= 0.6 is 22.9 Å². The van der Waals surface area contributed by atoms with Crippen LogP contribution in [0.15, 0.2) is 42.5 Å². The number of amides is 1. The second-order valence-corrected chi connectivity index (χ2v) is 9.62. The molecule has 0 saturated heterocycles. The normalized spacial score (nSPS) is 12.0. The molecule has 10 nitrogen and oxygen atoms in total. The molecule has 0 saturated carbocycles. The molecule has 0 atom stereocenters. The van der Waals surface area contributed by atoms with Crippen molar-refractivity contribution in [1.82, 2.24) is 20.2 Å². The van der Waals surface area contributed by atoms with E-state index in [2.05, 4.69) is 20.7 Å². The minimum absolute atomic E-state index is 0.195. The van der Waals surface area contributed by atoms with Gasteiger partial charge in [-0.25, -0.2) is 4.79 Å². The number of fused-ring (bicyclic) bond motifs is 1. The summed E-state index contributed by atoms with van der Waals surface area (Å²) in [6.07, 6.45) is 0.543. The Morgan fingerprint density at radius 1 is 1.19 bits per heavy atom. The highest BCUT2D eigenvalue weighted by Gasteiger charge is 2.25. The third-order valence-electron chi connectivity index (χ3n) is 5.63. The topological polar surface area (TPSA) is 117 Å². The molecule has 0 radical (unpaired) electrons. The number of anilines is 1. The average Bonchev–Trinajstić information content (AvgIpc) is 3.59. The monoisotopic (exact) mass is 539 g/mol. The largest absolute Gasteiger partial charge is 0.462 e. The molecule has 190 valence electrons. The zero-order valence-corrected chi connectivity index (χ0v) is 21.6. The summed E-state index contributed by atoms with van der Waals surface area (Å²) >= 11 is 7.53. The second-order valence-electron chi connectivity index (χ2n) is 8.11. The van der Waals surface area contributed by atoms with Crippen molar-refractivity contribution in [3.05, 3.63) is 69.1 Å². The van der Waals surface area contributed by atoms with Crippen LogP contribution in [0, 0.1) is 6.92 Å². The summed E-state index contributed by atoms with van der Waals surface area (Å²) < 4.78 is 16.1. The summed E-state index contributed by atoms with van der Waals surface area (Å²) in [5, 5.41) is 15.9. The number of nitrogens with zero attached hydrogens (tertiary/aromatic N) is 4. The maximum Gasteiger partial charge on any atom is 0.341 e. The molecule has 5 rings (SSSR count). The van der Waals surface area contributed by atoms with Gasteiger partial charge in [-0.15, -0.1) is 21.5 Å². The van der Waals surface area contributed by atoms with Gasteiger partial charge in [0.15, 0.2) is 11.5 Å². The first-order valence-corrected chi connectivity index (χ1v) is 12.6. The van der Waals surface area contributed by atoms with Crippen LogP contribution in [0.25, 0.3) is 11.4 Å². The number of halogens is 1. The van der Waals surface area contributed by atoms with Crippen LogP contribution in [-0.2, 0) is 22.5 Å². The minimum atomic E-state index is -0.497. The number of thiophene rings is 1. The summed E-state index contributed by atoms with van der Waals surface area (Å²) in [7, 11) is 0. The summed E-state index contributed by atoms with van der Waals surface area (Å²) in [5.41, 5.74) is 2.68. The standard InChI is InChI=1S/C25H22ClN5O5S/c1-3-34-25(33)22-14(2)20(11-15-8-9-18-19(10-15)36-13-35-18)37-24(22)27-21(32)12-31-29-23(28-30-31)16-6-4-5-7-17(16)26/h4-10H,3,11-13H2,1-2H3,(H,27,32). The first-order chi connectivity index (χ1) is 17.9. The number of benzene rings is 2. The van der Waals surface area contributed by atoms with E-state index < -0.39 is 11.9 Å². The highest BCUT2D eigenvalue weighted by molar-refractivity contribution is 7.17. The Labute approximate surface area is 221 Å². The first kappa shape index (κ1) is 24.7. The third-order valence-corrected chi connectivity index (χ3v) is 7.17. The fraction of sp³-hybridized carbons (Fsp3) is 0.240. The maximum absolute atomic E-state index is 12.9. The van der Waals surface area contributed by atoms with Gasteiger partial charge >= 0.3 is 5.97 Å². The van der Waals surface area contributed by atoms with Gasteiger partial charge in [0.2, 0.25) is 18.5 Å². The van der Waals surface area contributed by atoms with E-state index in [4.69, 9.17) is 25.8 Å². The fourth-order valence-corrected chi connectivity index (χ4v) is 5.32. The molecule has 4 aromatic rings. The zero-order chi connectivity index (χ0) is 25.9. The van der Waals surface area contributed by atoms with Gasteiger partial charge in [0, 0.05) is 16.9 Å². The number of tetrazole rings is 1. The summed E-state index contributed by atoms with van der Waals surface area (Å²) in [4.78, 5) is 27.8. The number of hydrogen-bond acceptors (Lipinski definition) is 9. The Hall–Kier alpha value is -3.96. The zero-order valence-electron chi connectivity index (χ0n) is 20.0. The molecule has 0 aliphatic carbocycles. The van der Waals surface area contributed by atoms with Gasteiger partial charge < -0.3 is 19.5 Å².